The molecule has 0 aromatic carbocycles. The van der Waals surface area contributed by atoms with Crippen LogP contribution in [0.4, 0.5) is 0 Å². The van der Waals surface area contributed by atoms with E-state index in [9.17, 15) is 4.79 Å². The molecule has 4 heteroatoms. The van der Waals surface area contributed by atoms with Gasteiger partial charge in [-0.1, -0.05) is 46.5 Å². The molecule has 0 aliphatic carbocycles. The Morgan fingerprint density at radius 3 is 2.35 bits per heavy atom. The van der Waals surface area contributed by atoms with E-state index >= 15 is 0 Å². The smallest absolute Gasteiger partial charge is 0.236 e. The summed E-state index contributed by atoms with van der Waals surface area (Å²) in [5.74, 6) is 1.12. The average Bonchev–Trinajstić information content (AvgIpc) is 2.59. The molecule has 2 saturated heterocycles. The second-order valence-corrected chi connectivity index (χ2v) is 9.22. The molecule has 1 amide bonds. The van der Waals surface area contributed by atoms with Gasteiger partial charge in [0.05, 0.1) is 6.54 Å². The zero-order chi connectivity index (χ0) is 19.0. The second kappa shape index (κ2) is 10.7. The lowest BCUT2D eigenvalue weighted by Crippen LogP contribution is -2.63. The molecule has 2 atom stereocenters. The fraction of sp³-hybridized carbons (Fsp3) is 0.955. The average molecular weight is 366 g/mol. The Morgan fingerprint density at radius 1 is 1.04 bits per heavy atom. The summed E-state index contributed by atoms with van der Waals surface area (Å²) >= 11 is 0. The molecule has 152 valence electrons. The first-order valence-electron chi connectivity index (χ1n) is 11.2. The second-order valence-electron chi connectivity index (χ2n) is 9.22. The fourth-order valence-electron chi connectivity index (χ4n) is 4.67. The number of likely N-dealkylation sites (tertiary alicyclic amines) is 2. The third-order valence-electron chi connectivity index (χ3n) is 6.52. The quantitative estimate of drug-likeness (QED) is 0.564. The number of carbonyl (C=O) groups is 1. The first-order valence-corrected chi connectivity index (χ1v) is 11.2. The van der Waals surface area contributed by atoms with Gasteiger partial charge in [0.25, 0.3) is 0 Å². The Hall–Kier alpha value is -0.610. The minimum atomic E-state index is 0.303. The summed E-state index contributed by atoms with van der Waals surface area (Å²) in [6.45, 7) is 15.3. The molecule has 2 aliphatic rings. The van der Waals surface area contributed by atoms with Crippen molar-refractivity contribution < 1.29 is 4.79 Å². The van der Waals surface area contributed by atoms with Gasteiger partial charge in [-0.2, -0.15) is 0 Å². The number of carbonyl (C=O) groups excluding carboxylic acids is 1. The van der Waals surface area contributed by atoms with Gasteiger partial charge in [-0.05, 0) is 51.6 Å². The highest BCUT2D eigenvalue weighted by atomic mass is 16.2. The van der Waals surface area contributed by atoms with Crippen LogP contribution in [0, 0.1) is 11.3 Å². The number of amides is 1. The summed E-state index contributed by atoms with van der Waals surface area (Å²) in [7, 11) is 0. The zero-order valence-electron chi connectivity index (χ0n) is 17.9. The van der Waals surface area contributed by atoms with Gasteiger partial charge in [-0.3, -0.25) is 4.79 Å². The standard InChI is InChI=1S/C22H43N3O/c1-5-7-8-10-20(4)23-15-21(26)25-17-22(18-25)11-13-24(14-12-22)16-19(3)9-6-2/h19-20,23H,5-18H2,1-4H3. The molecular formula is C22H43N3O. The molecule has 2 aliphatic heterocycles. The minimum Gasteiger partial charge on any atom is -0.340 e. The van der Waals surface area contributed by atoms with Crippen molar-refractivity contribution in [1.82, 2.24) is 15.1 Å². The molecule has 2 rings (SSSR count). The number of hydrogen-bond acceptors (Lipinski definition) is 3. The topological polar surface area (TPSA) is 35.6 Å². The van der Waals surface area contributed by atoms with E-state index in [-0.39, 0.29) is 0 Å². The Kier molecular flexibility index (Phi) is 8.89. The fourth-order valence-corrected chi connectivity index (χ4v) is 4.67. The third kappa shape index (κ3) is 6.53. The predicted octanol–water partition coefficient (Wildman–Crippen LogP) is 3.91. The van der Waals surface area contributed by atoms with Crippen LogP contribution in [0.5, 0.6) is 0 Å². The summed E-state index contributed by atoms with van der Waals surface area (Å²) in [6, 6.07) is 0.453. The van der Waals surface area contributed by atoms with Crippen LogP contribution in [0.15, 0.2) is 0 Å². The summed E-state index contributed by atoms with van der Waals surface area (Å²) in [4.78, 5) is 17.2. The van der Waals surface area contributed by atoms with Gasteiger partial charge < -0.3 is 15.1 Å². The van der Waals surface area contributed by atoms with Crippen molar-refractivity contribution in [3.05, 3.63) is 0 Å². The zero-order valence-corrected chi connectivity index (χ0v) is 17.9. The Balaban J connectivity index is 1.60. The molecule has 0 radical (unpaired) electrons. The molecule has 2 heterocycles. The number of unbranched alkanes of at least 4 members (excludes halogenated alkanes) is 2. The van der Waals surface area contributed by atoms with Crippen LogP contribution in [0.25, 0.3) is 0 Å². The highest BCUT2D eigenvalue weighted by Gasteiger charge is 2.46. The van der Waals surface area contributed by atoms with Crippen molar-refractivity contribution in [1.29, 1.82) is 0 Å². The molecule has 2 unspecified atom stereocenters. The van der Waals surface area contributed by atoms with E-state index < -0.39 is 0 Å². The molecular weight excluding hydrogens is 322 g/mol. The highest BCUT2D eigenvalue weighted by Crippen LogP contribution is 2.40. The Bertz CT molecular complexity index is 410. The van der Waals surface area contributed by atoms with Crippen molar-refractivity contribution in [2.75, 3.05) is 39.3 Å². The number of nitrogens with one attached hydrogen (secondary N) is 1. The number of hydrogen-bond donors (Lipinski definition) is 1. The predicted molar refractivity (Wildman–Crippen MR) is 110 cm³/mol. The molecule has 0 aromatic heterocycles. The third-order valence-corrected chi connectivity index (χ3v) is 6.52. The van der Waals surface area contributed by atoms with Crippen LogP contribution in [0.3, 0.4) is 0 Å². The monoisotopic (exact) mass is 365 g/mol. The van der Waals surface area contributed by atoms with E-state index in [2.05, 4.69) is 42.8 Å². The molecule has 0 bridgehead atoms. The van der Waals surface area contributed by atoms with Crippen LogP contribution in [0.1, 0.15) is 79.1 Å². The van der Waals surface area contributed by atoms with Crippen molar-refractivity contribution in [2.45, 2.75) is 85.1 Å². The largest absolute Gasteiger partial charge is 0.340 e. The summed E-state index contributed by atoms with van der Waals surface area (Å²) in [5.41, 5.74) is 0.437. The number of rotatable bonds is 11. The van der Waals surface area contributed by atoms with Crippen molar-refractivity contribution in [3.63, 3.8) is 0 Å². The highest BCUT2D eigenvalue weighted by molar-refractivity contribution is 5.79. The minimum absolute atomic E-state index is 0.303. The summed E-state index contributed by atoms with van der Waals surface area (Å²) < 4.78 is 0. The Morgan fingerprint density at radius 2 is 1.73 bits per heavy atom. The number of piperidine rings is 1. The molecule has 0 aromatic rings. The maximum atomic E-state index is 12.4. The maximum Gasteiger partial charge on any atom is 0.236 e. The van der Waals surface area contributed by atoms with Gasteiger partial charge in [-0.25, -0.2) is 0 Å². The van der Waals surface area contributed by atoms with E-state index in [4.69, 9.17) is 0 Å². The van der Waals surface area contributed by atoms with Crippen LogP contribution in [0.2, 0.25) is 0 Å². The molecule has 2 fully saturated rings. The maximum absolute atomic E-state index is 12.4. The summed E-state index contributed by atoms with van der Waals surface area (Å²) in [6.07, 6.45) is 10.2. The van der Waals surface area contributed by atoms with Crippen molar-refractivity contribution in [3.8, 4) is 0 Å². The molecule has 1 N–H and O–H groups in total. The van der Waals surface area contributed by atoms with E-state index in [1.807, 2.05) is 0 Å². The molecule has 4 nitrogen and oxygen atoms in total. The van der Waals surface area contributed by atoms with Gasteiger partial charge in [0.15, 0.2) is 0 Å². The van der Waals surface area contributed by atoms with E-state index in [1.54, 1.807) is 0 Å². The van der Waals surface area contributed by atoms with Gasteiger partial charge in [0, 0.05) is 31.1 Å². The lowest BCUT2D eigenvalue weighted by atomic mass is 9.72. The molecule has 0 saturated carbocycles. The molecule has 26 heavy (non-hydrogen) atoms. The summed E-state index contributed by atoms with van der Waals surface area (Å²) in [5, 5.41) is 3.42. The van der Waals surface area contributed by atoms with E-state index in [0.29, 0.717) is 23.9 Å². The lowest BCUT2D eigenvalue weighted by molar-refractivity contribution is -0.146. The SMILES string of the molecule is CCCCCC(C)NCC(=O)N1CC2(CCN(CC(C)CCC)CC2)C1. The van der Waals surface area contributed by atoms with Gasteiger partial charge >= 0.3 is 0 Å². The van der Waals surface area contributed by atoms with Crippen LogP contribution in [-0.2, 0) is 4.79 Å². The van der Waals surface area contributed by atoms with Gasteiger partial charge in [-0.15, -0.1) is 0 Å². The van der Waals surface area contributed by atoms with E-state index in [0.717, 1.165) is 19.0 Å². The van der Waals surface area contributed by atoms with E-state index in [1.165, 1.54) is 71.0 Å². The lowest BCUT2D eigenvalue weighted by Gasteiger charge is -2.54. The van der Waals surface area contributed by atoms with Gasteiger partial charge in [0.2, 0.25) is 5.91 Å². The first-order chi connectivity index (χ1) is 12.5. The van der Waals surface area contributed by atoms with Crippen LogP contribution >= 0.6 is 0 Å². The first kappa shape index (κ1) is 21.7. The van der Waals surface area contributed by atoms with Crippen molar-refractivity contribution in [2.24, 2.45) is 11.3 Å². The van der Waals surface area contributed by atoms with Gasteiger partial charge in [0.1, 0.15) is 0 Å². The number of nitrogens with zero attached hydrogens (tertiary/aromatic N) is 2. The van der Waals surface area contributed by atoms with Crippen LogP contribution < -0.4 is 5.32 Å². The Labute approximate surface area is 162 Å². The van der Waals surface area contributed by atoms with Crippen LogP contribution in [-0.4, -0.2) is 61.0 Å². The van der Waals surface area contributed by atoms with Crippen molar-refractivity contribution >= 4 is 5.91 Å². The normalized spacial score (nSPS) is 22.2. The molecule has 1 spiro atoms.